The average molecular weight is 200 g/mol. The summed E-state index contributed by atoms with van der Waals surface area (Å²) < 4.78 is 23.7. The summed E-state index contributed by atoms with van der Waals surface area (Å²) >= 11 is 0. The van der Waals surface area contributed by atoms with Crippen molar-refractivity contribution in [2.45, 2.75) is 6.54 Å². The molecule has 1 aromatic carbocycles. The molecule has 0 fully saturated rings. The van der Waals surface area contributed by atoms with Crippen LogP contribution in [0.4, 0.5) is 0 Å². The van der Waals surface area contributed by atoms with Crippen LogP contribution in [0.3, 0.4) is 0 Å². The predicted octanol–water partition coefficient (Wildman–Crippen LogP) is 0.880. The van der Waals surface area contributed by atoms with Gasteiger partial charge in [0.2, 0.25) is 10.0 Å². The summed E-state index contributed by atoms with van der Waals surface area (Å²) in [5.74, 6) is -0.0805. The first-order valence-electron chi connectivity index (χ1n) is 3.68. The molecule has 0 bridgehead atoms. The molecule has 0 aromatic heterocycles. The molecule has 1 N–H and O–H groups in total. The van der Waals surface area contributed by atoms with Gasteiger partial charge in [0.15, 0.2) is 5.75 Å². The lowest BCUT2D eigenvalue weighted by Crippen LogP contribution is -2.21. The summed E-state index contributed by atoms with van der Waals surface area (Å²) in [5, 5.41) is 10.7. The van der Waals surface area contributed by atoms with Crippen molar-refractivity contribution in [3.63, 3.8) is 0 Å². The Kier molecular flexibility index (Phi) is 2.90. The summed E-state index contributed by atoms with van der Waals surface area (Å²) in [6.07, 6.45) is 1.09. The zero-order valence-corrected chi connectivity index (χ0v) is 7.97. The monoisotopic (exact) mass is 200 g/mol. The average Bonchev–Trinajstić information content (AvgIpc) is 2.02. The van der Waals surface area contributed by atoms with E-state index in [2.05, 4.69) is 4.72 Å². The van der Waals surface area contributed by atoms with Gasteiger partial charge in [-0.1, -0.05) is 12.1 Å². The van der Waals surface area contributed by atoms with E-state index in [1.807, 2.05) is 0 Å². The van der Waals surface area contributed by atoms with Crippen molar-refractivity contribution in [1.82, 2.24) is 4.72 Å². The van der Waals surface area contributed by atoms with E-state index in [0.717, 1.165) is 11.8 Å². The van der Waals surface area contributed by atoms with Crippen LogP contribution < -0.4 is 4.72 Å². The minimum Gasteiger partial charge on any atom is -0.290 e. The fourth-order valence-corrected chi connectivity index (χ4v) is 1.25. The van der Waals surface area contributed by atoms with Crippen LogP contribution in [-0.2, 0) is 21.7 Å². The highest BCUT2D eigenvalue weighted by atomic mass is 32.2. The minimum absolute atomic E-state index is 0.0805. The number of benzene rings is 1. The molecule has 71 valence electrons. The van der Waals surface area contributed by atoms with Gasteiger partial charge in [0.25, 0.3) is 0 Å². The van der Waals surface area contributed by atoms with Crippen LogP contribution in [0, 0.1) is 0 Å². The van der Waals surface area contributed by atoms with Gasteiger partial charge in [0, 0.05) is 6.54 Å². The van der Waals surface area contributed by atoms with Gasteiger partial charge < -0.3 is 0 Å². The lowest BCUT2D eigenvalue weighted by Gasteiger charge is -2.01. The maximum Gasteiger partial charge on any atom is 0.209 e. The van der Waals surface area contributed by atoms with Crippen LogP contribution in [-0.4, -0.2) is 14.7 Å². The quantitative estimate of drug-likeness (QED) is 0.787. The van der Waals surface area contributed by atoms with E-state index in [-0.39, 0.29) is 12.3 Å². The topological polar surface area (TPSA) is 66.1 Å². The van der Waals surface area contributed by atoms with Crippen molar-refractivity contribution in [2.75, 3.05) is 6.26 Å². The van der Waals surface area contributed by atoms with E-state index in [4.69, 9.17) is 0 Å². The molecule has 0 spiro atoms. The van der Waals surface area contributed by atoms with Gasteiger partial charge >= 0.3 is 0 Å². The van der Waals surface area contributed by atoms with E-state index >= 15 is 0 Å². The Morgan fingerprint density at radius 1 is 1.23 bits per heavy atom. The zero-order chi connectivity index (χ0) is 9.90. The molecule has 4 nitrogen and oxygen atoms in total. The van der Waals surface area contributed by atoms with Crippen LogP contribution in [0.5, 0.6) is 5.75 Å². The molecule has 13 heavy (non-hydrogen) atoms. The Hall–Kier alpha value is -1.07. The Balaban J connectivity index is 2.61. The van der Waals surface area contributed by atoms with Gasteiger partial charge in [-0.2, -0.15) is 0 Å². The van der Waals surface area contributed by atoms with Crippen molar-refractivity contribution in [1.29, 1.82) is 0 Å². The second-order valence-electron chi connectivity index (χ2n) is 2.74. The van der Waals surface area contributed by atoms with Crippen molar-refractivity contribution < 1.29 is 13.5 Å². The first-order valence-corrected chi connectivity index (χ1v) is 5.57. The highest BCUT2D eigenvalue weighted by Gasteiger charge is 2.00. The number of hydrogen-bond donors (Lipinski definition) is 1. The molecule has 0 aliphatic heterocycles. The summed E-state index contributed by atoms with van der Waals surface area (Å²) in [7, 11) is -3.16. The molecular formula is C8H10NO3S. The van der Waals surface area contributed by atoms with Crippen molar-refractivity contribution in [2.24, 2.45) is 0 Å². The second kappa shape index (κ2) is 3.76. The van der Waals surface area contributed by atoms with Crippen LogP contribution in [0.1, 0.15) is 5.56 Å². The SMILES string of the molecule is CS(=O)(=O)NCc1ccc([O])cc1. The van der Waals surface area contributed by atoms with Gasteiger partial charge in [0.05, 0.1) is 6.26 Å². The molecule has 1 radical (unpaired) electrons. The summed E-state index contributed by atoms with van der Waals surface area (Å²) in [6.45, 7) is 0.221. The first kappa shape index (κ1) is 10.0. The molecule has 0 heterocycles. The number of nitrogens with one attached hydrogen (secondary N) is 1. The van der Waals surface area contributed by atoms with Crippen molar-refractivity contribution >= 4 is 10.0 Å². The van der Waals surface area contributed by atoms with E-state index in [1.54, 1.807) is 12.1 Å². The third-order valence-corrected chi connectivity index (χ3v) is 2.13. The van der Waals surface area contributed by atoms with Crippen LogP contribution in [0.2, 0.25) is 0 Å². The molecule has 0 aliphatic carbocycles. The minimum atomic E-state index is -3.16. The molecule has 0 unspecified atom stereocenters. The molecule has 0 saturated heterocycles. The van der Waals surface area contributed by atoms with Gasteiger partial charge in [-0.15, -0.1) is 0 Å². The smallest absolute Gasteiger partial charge is 0.209 e. The Morgan fingerprint density at radius 3 is 2.23 bits per heavy atom. The second-order valence-corrected chi connectivity index (χ2v) is 4.57. The van der Waals surface area contributed by atoms with Gasteiger partial charge in [-0.3, -0.25) is 5.11 Å². The van der Waals surface area contributed by atoms with Crippen LogP contribution >= 0.6 is 0 Å². The highest BCUT2D eigenvalue weighted by molar-refractivity contribution is 7.88. The molecular weight excluding hydrogens is 190 g/mol. The summed E-state index contributed by atoms with van der Waals surface area (Å²) in [5.41, 5.74) is 0.769. The van der Waals surface area contributed by atoms with Gasteiger partial charge in [-0.25, -0.2) is 13.1 Å². The standard InChI is InChI=1S/C8H10NO3S/c1-13(11,12)9-6-7-2-4-8(10)5-3-7/h2-5,9H,6H2,1H3. The van der Waals surface area contributed by atoms with E-state index in [0.29, 0.717) is 0 Å². The number of sulfonamides is 1. The Morgan fingerprint density at radius 2 is 1.77 bits per heavy atom. The van der Waals surface area contributed by atoms with Gasteiger partial charge in [-0.05, 0) is 17.7 Å². The van der Waals surface area contributed by atoms with E-state index in [9.17, 15) is 13.5 Å². The van der Waals surface area contributed by atoms with Crippen LogP contribution in [0.25, 0.3) is 0 Å². The Bertz CT molecular complexity index is 369. The van der Waals surface area contributed by atoms with Crippen LogP contribution in [0.15, 0.2) is 24.3 Å². The van der Waals surface area contributed by atoms with E-state index < -0.39 is 10.0 Å². The predicted molar refractivity (Wildman–Crippen MR) is 48.3 cm³/mol. The Labute approximate surface area is 77.3 Å². The molecule has 1 rings (SSSR count). The lowest BCUT2D eigenvalue weighted by atomic mass is 10.2. The molecule has 0 atom stereocenters. The maximum absolute atomic E-state index is 10.7. The number of hydrogen-bond acceptors (Lipinski definition) is 2. The van der Waals surface area contributed by atoms with Crippen molar-refractivity contribution in [3.05, 3.63) is 29.8 Å². The fourth-order valence-electron chi connectivity index (χ4n) is 0.822. The molecule has 0 amide bonds. The molecule has 5 heteroatoms. The molecule has 0 saturated carbocycles. The van der Waals surface area contributed by atoms with Gasteiger partial charge in [0.1, 0.15) is 0 Å². The van der Waals surface area contributed by atoms with E-state index in [1.165, 1.54) is 12.1 Å². The molecule has 0 aliphatic rings. The zero-order valence-electron chi connectivity index (χ0n) is 7.15. The lowest BCUT2D eigenvalue weighted by molar-refractivity contribution is 0.355. The third kappa shape index (κ3) is 3.91. The summed E-state index contributed by atoms with van der Waals surface area (Å²) in [6, 6.07) is 6.00. The largest absolute Gasteiger partial charge is 0.290 e. The third-order valence-electron chi connectivity index (χ3n) is 1.46. The fraction of sp³-hybridized carbons (Fsp3) is 0.250. The first-order chi connectivity index (χ1) is 5.97. The summed E-state index contributed by atoms with van der Waals surface area (Å²) in [4.78, 5) is 0. The molecule has 1 aromatic rings. The van der Waals surface area contributed by atoms with Crippen molar-refractivity contribution in [3.8, 4) is 5.75 Å². The number of rotatable bonds is 3. The normalized spacial score (nSPS) is 11.5. The highest BCUT2D eigenvalue weighted by Crippen LogP contribution is 2.10. The maximum atomic E-state index is 10.7.